The highest BCUT2D eigenvalue weighted by atomic mass is 16.3. The Kier molecular flexibility index (Phi) is 4.97. The molecule has 0 aliphatic rings. The summed E-state index contributed by atoms with van der Waals surface area (Å²) < 4.78 is 0. The van der Waals surface area contributed by atoms with Crippen molar-refractivity contribution in [2.24, 2.45) is 0 Å². The summed E-state index contributed by atoms with van der Waals surface area (Å²) >= 11 is 0. The molecule has 1 aromatic rings. The third-order valence-electron chi connectivity index (χ3n) is 3.00. The molecular formula is C14H23NO. The average molecular weight is 221 g/mol. The summed E-state index contributed by atoms with van der Waals surface area (Å²) in [6.07, 6.45) is 1.84. The molecule has 0 aromatic heterocycles. The fourth-order valence-corrected chi connectivity index (χ4v) is 1.79. The van der Waals surface area contributed by atoms with E-state index in [4.69, 9.17) is 5.11 Å². The lowest BCUT2D eigenvalue weighted by Gasteiger charge is -2.25. The van der Waals surface area contributed by atoms with Crippen LogP contribution in [-0.2, 0) is 6.42 Å². The van der Waals surface area contributed by atoms with Crippen LogP contribution in [0.25, 0.3) is 0 Å². The lowest BCUT2D eigenvalue weighted by atomic mass is 10.00. The van der Waals surface area contributed by atoms with Crippen molar-refractivity contribution in [1.29, 1.82) is 0 Å². The zero-order valence-electron chi connectivity index (χ0n) is 10.6. The van der Waals surface area contributed by atoms with E-state index in [9.17, 15) is 0 Å². The molecule has 1 aromatic carbocycles. The number of rotatable bonds is 6. The van der Waals surface area contributed by atoms with Gasteiger partial charge in [-0.3, -0.25) is 0 Å². The summed E-state index contributed by atoms with van der Waals surface area (Å²) in [4.78, 5) is 0. The molecule has 16 heavy (non-hydrogen) atoms. The van der Waals surface area contributed by atoms with Crippen molar-refractivity contribution in [2.75, 3.05) is 13.2 Å². The minimum Gasteiger partial charge on any atom is -0.396 e. The van der Waals surface area contributed by atoms with Crippen molar-refractivity contribution >= 4 is 0 Å². The maximum absolute atomic E-state index is 8.92. The van der Waals surface area contributed by atoms with Gasteiger partial charge in [-0.1, -0.05) is 24.3 Å². The first kappa shape index (κ1) is 13.2. The van der Waals surface area contributed by atoms with E-state index in [1.807, 2.05) is 0 Å². The zero-order valence-corrected chi connectivity index (χ0v) is 10.6. The molecular weight excluding hydrogens is 198 g/mol. The van der Waals surface area contributed by atoms with E-state index >= 15 is 0 Å². The van der Waals surface area contributed by atoms with Gasteiger partial charge in [0.2, 0.25) is 0 Å². The second-order valence-corrected chi connectivity index (χ2v) is 4.96. The molecule has 0 fully saturated rings. The SMILES string of the molecule is Cc1ccccc1CCNC(C)(C)CCO. The van der Waals surface area contributed by atoms with Gasteiger partial charge in [0.05, 0.1) is 0 Å². The molecule has 2 nitrogen and oxygen atoms in total. The first-order valence-electron chi connectivity index (χ1n) is 5.95. The van der Waals surface area contributed by atoms with Crippen molar-refractivity contribution in [3.05, 3.63) is 35.4 Å². The molecule has 0 saturated carbocycles. The highest BCUT2D eigenvalue weighted by molar-refractivity contribution is 5.25. The van der Waals surface area contributed by atoms with E-state index in [-0.39, 0.29) is 12.1 Å². The molecule has 0 radical (unpaired) electrons. The minimum absolute atomic E-state index is 0.0252. The van der Waals surface area contributed by atoms with Crippen molar-refractivity contribution in [2.45, 2.75) is 39.2 Å². The zero-order chi connectivity index (χ0) is 12.0. The van der Waals surface area contributed by atoms with Gasteiger partial charge in [-0.25, -0.2) is 0 Å². The smallest absolute Gasteiger partial charge is 0.0448 e. The Morgan fingerprint density at radius 2 is 1.94 bits per heavy atom. The monoisotopic (exact) mass is 221 g/mol. The summed E-state index contributed by atoms with van der Waals surface area (Å²) in [5.41, 5.74) is 2.77. The Hall–Kier alpha value is -0.860. The highest BCUT2D eigenvalue weighted by Gasteiger charge is 2.15. The van der Waals surface area contributed by atoms with Crippen molar-refractivity contribution in [1.82, 2.24) is 5.32 Å². The van der Waals surface area contributed by atoms with Gasteiger partial charge in [0.25, 0.3) is 0 Å². The fraction of sp³-hybridized carbons (Fsp3) is 0.571. The molecule has 90 valence electrons. The molecule has 0 heterocycles. The number of benzene rings is 1. The van der Waals surface area contributed by atoms with Crippen LogP contribution in [0.2, 0.25) is 0 Å². The number of hydrogen-bond acceptors (Lipinski definition) is 2. The Morgan fingerprint density at radius 3 is 2.56 bits per heavy atom. The van der Waals surface area contributed by atoms with Crippen LogP contribution in [0.15, 0.2) is 24.3 Å². The van der Waals surface area contributed by atoms with Gasteiger partial charge in [0, 0.05) is 12.1 Å². The van der Waals surface area contributed by atoms with Crippen LogP contribution in [-0.4, -0.2) is 23.8 Å². The summed E-state index contributed by atoms with van der Waals surface area (Å²) in [5, 5.41) is 12.4. The van der Waals surface area contributed by atoms with E-state index in [1.165, 1.54) is 11.1 Å². The summed E-state index contributed by atoms with van der Waals surface area (Å²) in [6, 6.07) is 8.48. The normalized spacial score (nSPS) is 11.8. The molecule has 2 heteroatoms. The van der Waals surface area contributed by atoms with E-state index in [1.54, 1.807) is 0 Å². The molecule has 1 rings (SSSR count). The first-order chi connectivity index (χ1) is 7.55. The molecule has 0 aliphatic carbocycles. The second kappa shape index (κ2) is 6.02. The first-order valence-corrected chi connectivity index (χ1v) is 5.95. The van der Waals surface area contributed by atoms with Gasteiger partial charge in [-0.05, 0) is 51.3 Å². The van der Waals surface area contributed by atoms with E-state index < -0.39 is 0 Å². The van der Waals surface area contributed by atoms with Gasteiger partial charge in [-0.2, -0.15) is 0 Å². The van der Waals surface area contributed by atoms with Crippen LogP contribution >= 0.6 is 0 Å². The molecule has 0 amide bonds. The second-order valence-electron chi connectivity index (χ2n) is 4.96. The van der Waals surface area contributed by atoms with E-state index in [0.717, 1.165) is 19.4 Å². The van der Waals surface area contributed by atoms with Crippen LogP contribution in [0.5, 0.6) is 0 Å². The van der Waals surface area contributed by atoms with Gasteiger partial charge >= 0.3 is 0 Å². The molecule has 0 spiro atoms. The number of nitrogens with one attached hydrogen (secondary N) is 1. The molecule has 0 atom stereocenters. The molecule has 0 aliphatic heterocycles. The maximum Gasteiger partial charge on any atom is 0.0448 e. The summed E-state index contributed by atoms with van der Waals surface area (Å²) in [5.74, 6) is 0. The van der Waals surface area contributed by atoms with Crippen LogP contribution in [0.1, 0.15) is 31.4 Å². The van der Waals surface area contributed by atoms with Crippen LogP contribution in [0.4, 0.5) is 0 Å². The van der Waals surface area contributed by atoms with Crippen molar-refractivity contribution in [3.63, 3.8) is 0 Å². The Bertz CT molecular complexity index is 320. The fourth-order valence-electron chi connectivity index (χ4n) is 1.79. The average Bonchev–Trinajstić information content (AvgIpc) is 2.20. The number of aryl methyl sites for hydroxylation is 1. The molecule has 0 unspecified atom stereocenters. The summed E-state index contributed by atoms with van der Waals surface area (Å²) in [7, 11) is 0. The minimum atomic E-state index is 0.0252. The Morgan fingerprint density at radius 1 is 1.25 bits per heavy atom. The van der Waals surface area contributed by atoms with E-state index in [0.29, 0.717) is 0 Å². The largest absolute Gasteiger partial charge is 0.396 e. The Labute approximate surface area is 98.7 Å². The molecule has 2 N–H and O–H groups in total. The van der Waals surface area contributed by atoms with Crippen LogP contribution in [0, 0.1) is 6.92 Å². The van der Waals surface area contributed by atoms with Gasteiger partial charge < -0.3 is 10.4 Å². The predicted molar refractivity (Wildman–Crippen MR) is 68.7 cm³/mol. The quantitative estimate of drug-likeness (QED) is 0.772. The van der Waals surface area contributed by atoms with Crippen molar-refractivity contribution < 1.29 is 5.11 Å². The van der Waals surface area contributed by atoms with Crippen LogP contribution < -0.4 is 5.32 Å². The topological polar surface area (TPSA) is 32.3 Å². The third-order valence-corrected chi connectivity index (χ3v) is 3.00. The van der Waals surface area contributed by atoms with Gasteiger partial charge in [-0.15, -0.1) is 0 Å². The molecule has 0 bridgehead atoms. The predicted octanol–water partition coefficient (Wildman–Crippen LogP) is 2.29. The number of aliphatic hydroxyl groups is 1. The van der Waals surface area contributed by atoms with Gasteiger partial charge in [0.15, 0.2) is 0 Å². The molecule has 0 saturated heterocycles. The number of hydrogen-bond donors (Lipinski definition) is 2. The van der Waals surface area contributed by atoms with Crippen LogP contribution in [0.3, 0.4) is 0 Å². The maximum atomic E-state index is 8.92. The Balaban J connectivity index is 2.39. The van der Waals surface area contributed by atoms with E-state index in [2.05, 4.69) is 50.4 Å². The number of aliphatic hydroxyl groups excluding tert-OH is 1. The standard InChI is InChI=1S/C14H23NO/c1-12-6-4-5-7-13(12)8-10-15-14(2,3)9-11-16/h4-7,15-16H,8-11H2,1-3H3. The third kappa shape index (κ3) is 4.33. The van der Waals surface area contributed by atoms with Gasteiger partial charge in [0.1, 0.15) is 0 Å². The van der Waals surface area contributed by atoms with Crippen molar-refractivity contribution in [3.8, 4) is 0 Å². The highest BCUT2D eigenvalue weighted by Crippen LogP contribution is 2.10. The lowest BCUT2D eigenvalue weighted by Crippen LogP contribution is -2.41. The lowest BCUT2D eigenvalue weighted by molar-refractivity contribution is 0.231. The summed E-state index contributed by atoms with van der Waals surface area (Å²) in [6.45, 7) is 7.60.